The van der Waals surface area contributed by atoms with Crippen LogP contribution in [0, 0.1) is 11.8 Å². The Bertz CT molecular complexity index is 673. The van der Waals surface area contributed by atoms with Gasteiger partial charge in [0.25, 0.3) is 0 Å². The van der Waals surface area contributed by atoms with Crippen molar-refractivity contribution in [2.24, 2.45) is 11.8 Å². The lowest BCUT2D eigenvalue weighted by Crippen LogP contribution is -2.21. The average molecular weight is 416 g/mol. The number of unbranched alkanes of at least 4 members (excludes halogenated alkanes) is 1. The minimum atomic E-state index is -0.589. The number of rotatable bonds is 12. The molecule has 0 radical (unpaired) electrons. The summed E-state index contributed by atoms with van der Waals surface area (Å²) in [4.78, 5) is 11.4. The molecule has 0 bridgehead atoms. The van der Waals surface area contributed by atoms with Gasteiger partial charge in [0.2, 0.25) is 5.91 Å². The van der Waals surface area contributed by atoms with E-state index in [9.17, 15) is 20.1 Å². The number of carbonyl (C=O) groups is 1. The number of amides is 1. The molecule has 0 spiro atoms. The summed E-state index contributed by atoms with van der Waals surface area (Å²) in [6.45, 7) is 2.57. The zero-order valence-electron chi connectivity index (χ0n) is 18.0. The van der Waals surface area contributed by atoms with Gasteiger partial charge < -0.3 is 20.6 Å². The molecule has 1 aliphatic rings. The molecule has 5 nitrogen and oxygen atoms in total. The van der Waals surface area contributed by atoms with Gasteiger partial charge in [-0.1, -0.05) is 54.6 Å². The van der Waals surface area contributed by atoms with Crippen molar-refractivity contribution in [2.75, 3.05) is 6.54 Å². The number of hydrogen-bond acceptors (Lipinski definition) is 4. The highest BCUT2D eigenvalue weighted by Gasteiger charge is 2.39. The molecule has 1 fully saturated rings. The van der Waals surface area contributed by atoms with E-state index in [-0.39, 0.29) is 17.7 Å². The molecule has 166 valence electrons. The largest absolute Gasteiger partial charge is 0.393 e. The van der Waals surface area contributed by atoms with Crippen LogP contribution in [0.3, 0.4) is 0 Å². The van der Waals surface area contributed by atoms with Gasteiger partial charge in [0.05, 0.1) is 18.3 Å². The smallest absolute Gasteiger partial charge is 0.219 e. The average Bonchev–Trinajstić information content (AvgIpc) is 3.00. The van der Waals surface area contributed by atoms with Crippen molar-refractivity contribution < 1.29 is 20.1 Å². The molecule has 0 unspecified atom stereocenters. The molecule has 4 N–H and O–H groups in total. The Morgan fingerprint density at radius 3 is 2.70 bits per heavy atom. The van der Waals surface area contributed by atoms with Gasteiger partial charge in [-0.15, -0.1) is 0 Å². The highest BCUT2D eigenvalue weighted by atomic mass is 16.3. The van der Waals surface area contributed by atoms with Crippen molar-refractivity contribution in [1.82, 2.24) is 5.32 Å². The first-order valence-corrected chi connectivity index (χ1v) is 11.2. The molecular formula is C25H37NO4. The first-order valence-electron chi connectivity index (χ1n) is 11.2. The van der Waals surface area contributed by atoms with Crippen molar-refractivity contribution in [3.8, 4) is 0 Å². The number of nitrogens with one attached hydrogen (secondary N) is 1. The third kappa shape index (κ3) is 8.42. The molecular weight excluding hydrogens is 378 g/mol. The van der Waals surface area contributed by atoms with E-state index >= 15 is 0 Å². The standard InChI is InChI=1S/C25H37NO4/c1-2-26-25(30)13-9-4-3-8-12-21-22(24(29)18-23(21)28)17-16-20(27)15-14-19-10-6-5-7-11-19/h3,5-8,10-11,16-17,20-24,27-29H,2,4,9,12-15,18H2,1H3,(H,26,30)/b8-3+,17-16+/t20-,21+,22+,23-,24+/m0/s1. The number of hydrogen-bond donors (Lipinski definition) is 4. The minimum absolute atomic E-state index is 0.0581. The highest BCUT2D eigenvalue weighted by molar-refractivity contribution is 5.75. The fourth-order valence-corrected chi connectivity index (χ4v) is 4.06. The molecule has 0 saturated heterocycles. The van der Waals surface area contributed by atoms with Gasteiger partial charge in [-0.25, -0.2) is 0 Å². The summed E-state index contributed by atoms with van der Waals surface area (Å²) >= 11 is 0. The van der Waals surface area contributed by atoms with Crippen LogP contribution in [0.4, 0.5) is 0 Å². The summed E-state index contributed by atoms with van der Waals surface area (Å²) in [6, 6.07) is 10.1. The zero-order chi connectivity index (χ0) is 21.8. The van der Waals surface area contributed by atoms with E-state index in [2.05, 4.69) is 5.32 Å². The highest BCUT2D eigenvalue weighted by Crippen LogP contribution is 2.36. The van der Waals surface area contributed by atoms with Crippen molar-refractivity contribution in [1.29, 1.82) is 0 Å². The normalized spacial score (nSPS) is 25.2. The van der Waals surface area contributed by atoms with Crippen LogP contribution in [0.15, 0.2) is 54.6 Å². The van der Waals surface area contributed by atoms with Gasteiger partial charge in [0.1, 0.15) is 0 Å². The topological polar surface area (TPSA) is 89.8 Å². The van der Waals surface area contributed by atoms with Crippen LogP contribution >= 0.6 is 0 Å². The molecule has 30 heavy (non-hydrogen) atoms. The Kier molecular flexibility index (Phi) is 10.8. The first-order chi connectivity index (χ1) is 14.5. The summed E-state index contributed by atoms with van der Waals surface area (Å²) in [7, 11) is 0. The molecule has 1 aromatic rings. The zero-order valence-corrected chi connectivity index (χ0v) is 18.0. The van der Waals surface area contributed by atoms with E-state index in [1.807, 2.05) is 55.5 Å². The Morgan fingerprint density at radius 2 is 1.97 bits per heavy atom. The quantitative estimate of drug-likeness (QED) is 0.312. The van der Waals surface area contributed by atoms with Crippen LogP contribution in [-0.4, -0.2) is 46.1 Å². The summed E-state index contributed by atoms with van der Waals surface area (Å²) in [6.07, 6.45) is 10.6. The van der Waals surface area contributed by atoms with Crippen LogP contribution in [0.1, 0.15) is 51.0 Å². The second-order valence-corrected chi connectivity index (χ2v) is 8.14. The number of carbonyl (C=O) groups excluding carboxylic acids is 1. The van der Waals surface area contributed by atoms with Crippen LogP contribution in [-0.2, 0) is 11.2 Å². The lowest BCUT2D eigenvalue weighted by molar-refractivity contribution is -0.121. The Hall–Kier alpha value is -1.95. The third-order valence-corrected chi connectivity index (χ3v) is 5.77. The molecule has 0 aromatic heterocycles. The maximum atomic E-state index is 11.4. The van der Waals surface area contributed by atoms with Crippen LogP contribution in [0.5, 0.6) is 0 Å². The van der Waals surface area contributed by atoms with Crippen LogP contribution in [0.2, 0.25) is 0 Å². The second kappa shape index (κ2) is 13.4. The summed E-state index contributed by atoms with van der Waals surface area (Å²) < 4.78 is 0. The first kappa shape index (κ1) is 24.3. The number of aliphatic hydroxyl groups excluding tert-OH is 3. The van der Waals surface area contributed by atoms with Crippen molar-refractivity contribution >= 4 is 5.91 Å². The monoisotopic (exact) mass is 415 g/mol. The molecule has 1 aromatic carbocycles. The molecule has 2 rings (SSSR count). The number of allylic oxidation sites excluding steroid dienone is 2. The third-order valence-electron chi connectivity index (χ3n) is 5.77. The van der Waals surface area contributed by atoms with Crippen LogP contribution in [0.25, 0.3) is 0 Å². The van der Waals surface area contributed by atoms with Gasteiger partial charge in [0.15, 0.2) is 0 Å². The second-order valence-electron chi connectivity index (χ2n) is 8.14. The fourth-order valence-electron chi connectivity index (χ4n) is 4.06. The van der Waals surface area contributed by atoms with Crippen LogP contribution < -0.4 is 5.32 Å². The van der Waals surface area contributed by atoms with Gasteiger partial charge in [-0.05, 0) is 50.5 Å². The SMILES string of the molecule is CCNC(=O)CCC/C=C/C[C@@H]1[C@@H](/C=C/[C@@H](O)CCc2ccccc2)[C@H](O)C[C@@H]1O. The summed E-state index contributed by atoms with van der Waals surface area (Å²) in [5.74, 6) is -0.139. The van der Waals surface area contributed by atoms with Gasteiger partial charge >= 0.3 is 0 Å². The van der Waals surface area contributed by atoms with E-state index < -0.39 is 18.3 Å². The summed E-state index contributed by atoms with van der Waals surface area (Å²) in [5.41, 5.74) is 1.19. The van der Waals surface area contributed by atoms with E-state index in [1.54, 1.807) is 6.08 Å². The lowest BCUT2D eigenvalue weighted by atomic mass is 9.89. The van der Waals surface area contributed by atoms with E-state index in [4.69, 9.17) is 0 Å². The van der Waals surface area contributed by atoms with E-state index in [1.165, 1.54) is 5.56 Å². The lowest BCUT2D eigenvalue weighted by Gasteiger charge is -2.19. The fraction of sp³-hybridized carbons (Fsp3) is 0.560. The van der Waals surface area contributed by atoms with Crippen molar-refractivity contribution in [3.63, 3.8) is 0 Å². The maximum absolute atomic E-state index is 11.4. The number of benzene rings is 1. The molecule has 5 atom stereocenters. The Balaban J connectivity index is 1.78. The maximum Gasteiger partial charge on any atom is 0.219 e. The Labute approximate surface area is 180 Å². The summed E-state index contributed by atoms with van der Waals surface area (Å²) in [5, 5.41) is 33.8. The molecule has 1 aliphatic carbocycles. The predicted molar refractivity (Wildman–Crippen MR) is 120 cm³/mol. The molecule has 1 saturated carbocycles. The molecule has 1 amide bonds. The molecule has 0 aliphatic heterocycles. The minimum Gasteiger partial charge on any atom is -0.393 e. The molecule has 5 heteroatoms. The van der Waals surface area contributed by atoms with Gasteiger partial charge in [-0.3, -0.25) is 4.79 Å². The Morgan fingerprint density at radius 1 is 1.20 bits per heavy atom. The predicted octanol–water partition coefficient (Wildman–Crippen LogP) is 3.15. The van der Waals surface area contributed by atoms with E-state index in [0.29, 0.717) is 32.2 Å². The van der Waals surface area contributed by atoms with Crippen molar-refractivity contribution in [2.45, 2.75) is 70.2 Å². The number of aliphatic hydroxyl groups is 3. The number of aryl methyl sites for hydroxylation is 1. The van der Waals surface area contributed by atoms with Crippen molar-refractivity contribution in [3.05, 3.63) is 60.2 Å². The molecule has 0 heterocycles. The van der Waals surface area contributed by atoms with E-state index in [0.717, 1.165) is 19.3 Å². The van der Waals surface area contributed by atoms with Gasteiger partial charge in [-0.2, -0.15) is 0 Å². The van der Waals surface area contributed by atoms with Gasteiger partial charge in [0, 0.05) is 25.3 Å².